The van der Waals surface area contributed by atoms with Crippen molar-refractivity contribution in [3.63, 3.8) is 0 Å². The van der Waals surface area contributed by atoms with E-state index in [9.17, 15) is 9.59 Å². The average Bonchev–Trinajstić information content (AvgIpc) is 2.33. The standard InChI is InChI=1S/C13H17NO3S/c1-9-5-4-6-11(7-9)18-8-12(13(16)17-3)14-10(2)15/h4-7,12H,8H2,1-3H3,(H,14,15). The molecule has 1 aromatic rings. The van der Waals surface area contributed by atoms with Crippen molar-refractivity contribution >= 4 is 23.6 Å². The number of ether oxygens (including phenoxy) is 1. The molecule has 1 aromatic carbocycles. The van der Waals surface area contributed by atoms with Crippen molar-refractivity contribution < 1.29 is 14.3 Å². The van der Waals surface area contributed by atoms with E-state index in [1.165, 1.54) is 25.8 Å². The summed E-state index contributed by atoms with van der Waals surface area (Å²) in [5.74, 6) is -0.212. The van der Waals surface area contributed by atoms with Crippen LogP contribution in [0.15, 0.2) is 29.2 Å². The molecule has 0 aliphatic rings. The van der Waals surface area contributed by atoms with E-state index in [0.29, 0.717) is 5.75 Å². The maximum atomic E-state index is 11.5. The van der Waals surface area contributed by atoms with E-state index in [-0.39, 0.29) is 5.91 Å². The van der Waals surface area contributed by atoms with Crippen LogP contribution in [-0.2, 0) is 14.3 Å². The fourth-order valence-corrected chi connectivity index (χ4v) is 2.46. The first-order chi connectivity index (χ1) is 8.52. The Balaban J connectivity index is 2.61. The summed E-state index contributed by atoms with van der Waals surface area (Å²) in [6, 6.07) is 7.36. The zero-order chi connectivity index (χ0) is 13.5. The monoisotopic (exact) mass is 267 g/mol. The molecule has 0 radical (unpaired) electrons. The number of carbonyl (C=O) groups is 2. The molecule has 1 atom stereocenters. The summed E-state index contributed by atoms with van der Waals surface area (Å²) in [6.07, 6.45) is 0. The van der Waals surface area contributed by atoms with Crippen LogP contribution in [0.4, 0.5) is 0 Å². The van der Waals surface area contributed by atoms with E-state index in [1.54, 1.807) is 0 Å². The van der Waals surface area contributed by atoms with Crippen LogP contribution in [0.1, 0.15) is 12.5 Å². The molecule has 0 saturated heterocycles. The number of amides is 1. The molecule has 0 aliphatic heterocycles. The molecule has 0 bridgehead atoms. The normalized spacial score (nSPS) is 11.7. The first-order valence-corrected chi connectivity index (χ1v) is 6.56. The predicted molar refractivity (Wildman–Crippen MR) is 71.5 cm³/mol. The zero-order valence-electron chi connectivity index (χ0n) is 10.7. The van der Waals surface area contributed by atoms with Crippen molar-refractivity contribution in [2.45, 2.75) is 24.8 Å². The molecule has 0 spiro atoms. The van der Waals surface area contributed by atoms with Crippen molar-refractivity contribution in [2.24, 2.45) is 0 Å². The number of carbonyl (C=O) groups excluding carboxylic acids is 2. The SMILES string of the molecule is COC(=O)C(CSc1cccc(C)c1)NC(C)=O. The molecular weight excluding hydrogens is 250 g/mol. The lowest BCUT2D eigenvalue weighted by Gasteiger charge is -2.15. The van der Waals surface area contributed by atoms with Crippen molar-refractivity contribution in [1.82, 2.24) is 5.32 Å². The van der Waals surface area contributed by atoms with Gasteiger partial charge in [-0.2, -0.15) is 0 Å². The number of hydrogen-bond acceptors (Lipinski definition) is 4. The molecule has 0 saturated carbocycles. The van der Waals surface area contributed by atoms with Gasteiger partial charge in [0.25, 0.3) is 0 Å². The molecule has 0 aromatic heterocycles. The van der Waals surface area contributed by atoms with E-state index in [1.807, 2.05) is 31.2 Å². The number of nitrogens with one attached hydrogen (secondary N) is 1. The number of esters is 1. The Hall–Kier alpha value is -1.49. The first-order valence-electron chi connectivity index (χ1n) is 5.57. The van der Waals surface area contributed by atoms with Crippen LogP contribution in [-0.4, -0.2) is 30.8 Å². The third-order valence-electron chi connectivity index (χ3n) is 2.27. The van der Waals surface area contributed by atoms with Crippen LogP contribution in [0, 0.1) is 6.92 Å². The van der Waals surface area contributed by atoms with Gasteiger partial charge in [-0.25, -0.2) is 4.79 Å². The summed E-state index contributed by atoms with van der Waals surface area (Å²) in [5, 5.41) is 2.58. The molecule has 5 heteroatoms. The van der Waals surface area contributed by atoms with Gasteiger partial charge in [0.15, 0.2) is 0 Å². The largest absolute Gasteiger partial charge is 0.467 e. The Morgan fingerprint density at radius 2 is 2.17 bits per heavy atom. The van der Waals surface area contributed by atoms with E-state index >= 15 is 0 Å². The van der Waals surface area contributed by atoms with Crippen molar-refractivity contribution in [3.05, 3.63) is 29.8 Å². The molecule has 98 valence electrons. The minimum Gasteiger partial charge on any atom is -0.467 e. The summed E-state index contributed by atoms with van der Waals surface area (Å²) in [7, 11) is 1.31. The molecule has 0 fully saturated rings. The van der Waals surface area contributed by atoms with Crippen LogP contribution in [0.25, 0.3) is 0 Å². The van der Waals surface area contributed by atoms with Crippen LogP contribution in [0.5, 0.6) is 0 Å². The van der Waals surface area contributed by atoms with Gasteiger partial charge in [0.1, 0.15) is 6.04 Å². The minimum atomic E-state index is -0.613. The smallest absolute Gasteiger partial charge is 0.329 e. The highest BCUT2D eigenvalue weighted by atomic mass is 32.2. The molecule has 1 amide bonds. The maximum absolute atomic E-state index is 11.5. The van der Waals surface area contributed by atoms with E-state index < -0.39 is 12.0 Å². The molecule has 18 heavy (non-hydrogen) atoms. The Morgan fingerprint density at radius 1 is 1.44 bits per heavy atom. The second kappa shape index (κ2) is 7.06. The van der Waals surface area contributed by atoms with Gasteiger partial charge in [-0.3, -0.25) is 4.79 Å². The van der Waals surface area contributed by atoms with E-state index in [2.05, 4.69) is 10.1 Å². The highest BCUT2D eigenvalue weighted by Crippen LogP contribution is 2.20. The van der Waals surface area contributed by atoms with Crippen molar-refractivity contribution in [1.29, 1.82) is 0 Å². The Labute approximate surface area is 111 Å². The zero-order valence-corrected chi connectivity index (χ0v) is 11.5. The molecule has 4 nitrogen and oxygen atoms in total. The fourth-order valence-electron chi connectivity index (χ4n) is 1.44. The lowest BCUT2D eigenvalue weighted by atomic mass is 10.2. The summed E-state index contributed by atoms with van der Waals surface area (Å²) < 4.78 is 4.66. The summed E-state index contributed by atoms with van der Waals surface area (Å²) in [6.45, 7) is 3.39. The van der Waals surface area contributed by atoms with Gasteiger partial charge in [-0.05, 0) is 19.1 Å². The molecule has 0 heterocycles. The lowest BCUT2D eigenvalue weighted by Crippen LogP contribution is -2.42. The van der Waals surface area contributed by atoms with E-state index in [4.69, 9.17) is 0 Å². The molecule has 0 aliphatic carbocycles. The third kappa shape index (κ3) is 4.79. The highest BCUT2D eigenvalue weighted by molar-refractivity contribution is 7.99. The number of methoxy groups -OCH3 is 1. The fraction of sp³-hybridized carbons (Fsp3) is 0.385. The van der Waals surface area contributed by atoms with Gasteiger partial charge in [-0.15, -0.1) is 11.8 Å². The second-order valence-electron chi connectivity index (χ2n) is 3.90. The average molecular weight is 267 g/mol. The summed E-state index contributed by atoms with van der Waals surface area (Å²) in [5.41, 5.74) is 1.16. The van der Waals surface area contributed by atoms with Gasteiger partial charge in [0.2, 0.25) is 5.91 Å². The van der Waals surface area contributed by atoms with Crippen molar-refractivity contribution in [3.8, 4) is 0 Å². The van der Waals surface area contributed by atoms with Crippen LogP contribution in [0.2, 0.25) is 0 Å². The minimum absolute atomic E-state index is 0.241. The number of thioether (sulfide) groups is 1. The summed E-state index contributed by atoms with van der Waals surface area (Å²) in [4.78, 5) is 23.6. The number of hydrogen-bond donors (Lipinski definition) is 1. The summed E-state index contributed by atoms with van der Waals surface area (Å²) >= 11 is 1.51. The van der Waals surface area contributed by atoms with Gasteiger partial charge in [0.05, 0.1) is 7.11 Å². The van der Waals surface area contributed by atoms with Gasteiger partial charge >= 0.3 is 5.97 Å². The second-order valence-corrected chi connectivity index (χ2v) is 5.00. The predicted octanol–water partition coefficient (Wildman–Crippen LogP) is 1.76. The number of rotatable bonds is 5. The van der Waals surface area contributed by atoms with E-state index in [0.717, 1.165) is 10.5 Å². The molecule has 1 unspecified atom stereocenters. The lowest BCUT2D eigenvalue weighted by molar-refractivity contribution is -0.144. The Bertz CT molecular complexity index is 434. The Kier molecular flexibility index (Phi) is 5.71. The van der Waals surface area contributed by atoms with Crippen LogP contribution in [0.3, 0.4) is 0 Å². The third-order valence-corrected chi connectivity index (χ3v) is 3.36. The van der Waals surface area contributed by atoms with Crippen LogP contribution >= 0.6 is 11.8 Å². The van der Waals surface area contributed by atoms with Crippen LogP contribution < -0.4 is 5.32 Å². The number of benzene rings is 1. The number of aryl methyl sites for hydroxylation is 1. The van der Waals surface area contributed by atoms with Crippen molar-refractivity contribution in [2.75, 3.05) is 12.9 Å². The Morgan fingerprint density at radius 3 is 2.72 bits per heavy atom. The highest BCUT2D eigenvalue weighted by Gasteiger charge is 2.20. The quantitative estimate of drug-likeness (QED) is 0.652. The van der Waals surface area contributed by atoms with Gasteiger partial charge < -0.3 is 10.1 Å². The van der Waals surface area contributed by atoms with Gasteiger partial charge in [0, 0.05) is 17.6 Å². The molecular formula is C13H17NO3S. The molecule has 1 rings (SSSR count). The molecule has 1 N–H and O–H groups in total. The first kappa shape index (κ1) is 14.6. The van der Waals surface area contributed by atoms with Gasteiger partial charge in [-0.1, -0.05) is 17.7 Å². The topological polar surface area (TPSA) is 55.4 Å². The maximum Gasteiger partial charge on any atom is 0.329 e.